The molecule has 1 aromatic heterocycles. The highest BCUT2D eigenvalue weighted by atomic mass is 32.1. The Labute approximate surface area is 88.6 Å². The van der Waals surface area contributed by atoms with Crippen LogP contribution in [0.5, 0.6) is 0 Å². The lowest BCUT2D eigenvalue weighted by Crippen LogP contribution is -1.98. The highest BCUT2D eigenvalue weighted by Gasteiger charge is 1.95. The van der Waals surface area contributed by atoms with Crippen molar-refractivity contribution in [3.63, 3.8) is 0 Å². The quantitative estimate of drug-likeness (QED) is 0.452. The van der Waals surface area contributed by atoms with E-state index in [1.165, 1.54) is 12.7 Å². The lowest BCUT2D eigenvalue weighted by Gasteiger charge is -2.01. The molecule has 0 radical (unpaired) electrons. The summed E-state index contributed by atoms with van der Waals surface area (Å²) < 4.78 is 0. The van der Waals surface area contributed by atoms with Gasteiger partial charge in [-0.2, -0.15) is 0 Å². The molecule has 5 heteroatoms. The van der Waals surface area contributed by atoms with Gasteiger partial charge in [0.2, 0.25) is 0 Å². The van der Waals surface area contributed by atoms with Crippen LogP contribution >= 0.6 is 12.6 Å². The van der Waals surface area contributed by atoms with Crippen molar-refractivity contribution in [2.24, 2.45) is 9.98 Å². The van der Waals surface area contributed by atoms with E-state index in [4.69, 9.17) is 0 Å². The third kappa shape index (κ3) is 3.18. The number of aliphatic imine (C=N–C) groups is 2. The van der Waals surface area contributed by atoms with Gasteiger partial charge in [-0.15, -0.1) is 12.6 Å². The molecule has 4 nitrogen and oxygen atoms in total. The van der Waals surface area contributed by atoms with Crippen molar-refractivity contribution in [2.75, 3.05) is 12.4 Å². The van der Waals surface area contributed by atoms with E-state index < -0.39 is 0 Å². The number of rotatable bonds is 3. The van der Waals surface area contributed by atoms with Crippen LogP contribution in [0.15, 0.2) is 27.0 Å². The minimum Gasteiger partial charge on any atom is -0.331 e. The summed E-state index contributed by atoms with van der Waals surface area (Å²) in [7, 11) is 1.66. The van der Waals surface area contributed by atoms with Crippen LogP contribution in [0.4, 0.5) is 5.82 Å². The number of aryl methyl sites for hydroxylation is 1. The Hall–Kier alpha value is -1.36. The second-order valence-corrected chi connectivity index (χ2v) is 3.08. The van der Waals surface area contributed by atoms with Gasteiger partial charge in [-0.25, -0.2) is 9.98 Å². The Morgan fingerprint density at radius 3 is 2.93 bits per heavy atom. The molecule has 0 amide bonds. The maximum absolute atomic E-state index is 4.25. The van der Waals surface area contributed by atoms with Gasteiger partial charge in [-0.1, -0.05) is 0 Å². The van der Waals surface area contributed by atoms with E-state index in [1.54, 1.807) is 7.05 Å². The first kappa shape index (κ1) is 10.7. The second-order valence-electron chi connectivity index (χ2n) is 2.60. The summed E-state index contributed by atoms with van der Waals surface area (Å²) in [5.74, 6) is 0.744. The van der Waals surface area contributed by atoms with Gasteiger partial charge in [0, 0.05) is 11.9 Å². The van der Waals surface area contributed by atoms with E-state index in [1.807, 2.05) is 19.1 Å². The van der Waals surface area contributed by atoms with E-state index in [9.17, 15) is 0 Å². The normalized spacial score (nSPS) is 11.4. The van der Waals surface area contributed by atoms with Gasteiger partial charge in [0.25, 0.3) is 0 Å². The summed E-state index contributed by atoms with van der Waals surface area (Å²) in [6, 6.07) is 3.72. The highest BCUT2D eigenvalue weighted by Crippen LogP contribution is 2.12. The van der Waals surface area contributed by atoms with E-state index in [0.29, 0.717) is 0 Å². The molecule has 0 saturated carbocycles. The van der Waals surface area contributed by atoms with Gasteiger partial charge in [-0.3, -0.25) is 4.99 Å². The van der Waals surface area contributed by atoms with Gasteiger partial charge in [-0.05, 0) is 19.1 Å². The molecular weight excluding hydrogens is 196 g/mol. The van der Waals surface area contributed by atoms with Gasteiger partial charge in [0.1, 0.15) is 12.2 Å². The molecule has 1 rings (SSSR count). The fraction of sp³-hybridized carbons (Fsp3) is 0.222. The first-order chi connectivity index (χ1) is 6.74. The molecule has 0 aliphatic carbocycles. The van der Waals surface area contributed by atoms with E-state index in [-0.39, 0.29) is 0 Å². The molecule has 0 fully saturated rings. The molecule has 74 valence electrons. The van der Waals surface area contributed by atoms with Crippen molar-refractivity contribution >= 4 is 31.1 Å². The van der Waals surface area contributed by atoms with Crippen molar-refractivity contribution < 1.29 is 0 Å². The van der Waals surface area contributed by atoms with Crippen molar-refractivity contribution in [1.82, 2.24) is 4.98 Å². The first-order valence-corrected chi connectivity index (χ1v) is 4.54. The third-order valence-electron chi connectivity index (χ3n) is 1.53. The number of nitrogens with one attached hydrogen (secondary N) is 1. The van der Waals surface area contributed by atoms with Crippen molar-refractivity contribution in [1.29, 1.82) is 0 Å². The number of nitrogens with zero attached hydrogens (tertiary/aromatic N) is 3. The molecular formula is C9H12N4S. The van der Waals surface area contributed by atoms with Crippen LogP contribution in [0.25, 0.3) is 0 Å². The molecule has 0 saturated heterocycles. The summed E-state index contributed by atoms with van der Waals surface area (Å²) in [4.78, 5) is 12.7. The third-order valence-corrected chi connectivity index (χ3v) is 2.00. The Kier molecular flexibility index (Phi) is 4.12. The van der Waals surface area contributed by atoms with Crippen LogP contribution in [0.3, 0.4) is 0 Å². The average molecular weight is 208 g/mol. The highest BCUT2D eigenvalue weighted by molar-refractivity contribution is 7.80. The van der Waals surface area contributed by atoms with E-state index in [0.717, 1.165) is 16.4 Å². The van der Waals surface area contributed by atoms with Gasteiger partial charge in [0.05, 0.1) is 12.0 Å². The topological polar surface area (TPSA) is 49.6 Å². The fourth-order valence-electron chi connectivity index (χ4n) is 0.837. The van der Waals surface area contributed by atoms with Gasteiger partial charge in [0.15, 0.2) is 0 Å². The number of anilines is 1. The molecule has 1 aromatic rings. The Morgan fingerprint density at radius 2 is 2.29 bits per heavy atom. The maximum Gasteiger partial charge on any atom is 0.131 e. The Balaban J connectivity index is 2.64. The summed E-state index contributed by atoms with van der Waals surface area (Å²) in [6.07, 6.45) is 2.99. The lowest BCUT2D eigenvalue weighted by atomic mass is 10.4. The molecule has 14 heavy (non-hydrogen) atoms. The summed E-state index contributed by atoms with van der Waals surface area (Å²) in [5, 5.41) is 2.92. The molecule has 0 unspecified atom stereocenters. The summed E-state index contributed by atoms with van der Waals surface area (Å²) in [6.45, 7) is 1.90. The summed E-state index contributed by atoms with van der Waals surface area (Å²) in [5.41, 5.74) is 0.885. The zero-order valence-corrected chi connectivity index (χ0v) is 8.99. The smallest absolute Gasteiger partial charge is 0.131 e. The largest absolute Gasteiger partial charge is 0.331 e. The van der Waals surface area contributed by atoms with E-state index >= 15 is 0 Å². The molecule has 0 spiro atoms. The summed E-state index contributed by atoms with van der Waals surface area (Å²) >= 11 is 4.22. The second kappa shape index (κ2) is 5.39. The predicted molar refractivity (Wildman–Crippen MR) is 62.8 cm³/mol. The van der Waals surface area contributed by atoms with Gasteiger partial charge >= 0.3 is 0 Å². The fourth-order valence-corrected chi connectivity index (χ4v) is 0.962. The molecule has 1 N–H and O–H groups in total. The van der Waals surface area contributed by atoms with Crippen LogP contribution in [0.1, 0.15) is 5.69 Å². The van der Waals surface area contributed by atoms with Crippen molar-refractivity contribution in [2.45, 2.75) is 11.8 Å². The van der Waals surface area contributed by atoms with Crippen molar-refractivity contribution in [3.05, 3.63) is 17.8 Å². The lowest BCUT2D eigenvalue weighted by molar-refractivity contribution is 1.12. The monoisotopic (exact) mass is 208 g/mol. The SMILES string of the molecule is CN=CN=CNc1ccc(S)c(C)n1. The number of hydrogen-bond donors (Lipinski definition) is 2. The van der Waals surface area contributed by atoms with Crippen LogP contribution in [-0.2, 0) is 0 Å². The van der Waals surface area contributed by atoms with Crippen molar-refractivity contribution in [3.8, 4) is 0 Å². The predicted octanol–water partition coefficient (Wildman–Crippen LogP) is 1.78. The zero-order chi connectivity index (χ0) is 10.4. The molecule has 0 bridgehead atoms. The molecule has 1 heterocycles. The minimum absolute atomic E-state index is 0.744. The zero-order valence-electron chi connectivity index (χ0n) is 8.10. The number of hydrogen-bond acceptors (Lipinski definition) is 3. The van der Waals surface area contributed by atoms with Gasteiger partial charge < -0.3 is 5.32 Å². The van der Waals surface area contributed by atoms with Crippen LogP contribution in [-0.4, -0.2) is 24.7 Å². The van der Waals surface area contributed by atoms with Crippen LogP contribution in [0, 0.1) is 6.92 Å². The van der Waals surface area contributed by atoms with Crippen LogP contribution in [0.2, 0.25) is 0 Å². The van der Waals surface area contributed by atoms with E-state index in [2.05, 4.69) is 32.9 Å². The van der Waals surface area contributed by atoms with Crippen LogP contribution < -0.4 is 5.32 Å². The maximum atomic E-state index is 4.25. The Morgan fingerprint density at radius 1 is 1.50 bits per heavy atom. The average Bonchev–Trinajstić information content (AvgIpc) is 2.18. The minimum atomic E-state index is 0.744. The number of thiol groups is 1. The number of pyridine rings is 1. The standard InChI is InChI=1S/C9H12N4S/c1-7-8(14)3-4-9(13-7)12-6-11-5-10-2/h3-6,14H,1-2H3,(H,10,11,12,13). The Bertz CT molecular complexity index is 360. The number of aromatic nitrogens is 1. The molecule has 0 aliphatic rings. The first-order valence-electron chi connectivity index (χ1n) is 4.09. The molecule has 0 aromatic carbocycles. The molecule has 0 atom stereocenters. The molecule has 0 aliphatic heterocycles.